The molecule has 0 aliphatic carbocycles. The summed E-state index contributed by atoms with van der Waals surface area (Å²) in [5, 5.41) is 2.45. The third kappa shape index (κ3) is 1.93. The Morgan fingerprint density at radius 1 is 1.36 bits per heavy atom. The first kappa shape index (κ1) is 9.94. The molecular formula is C7H14N2O2. The van der Waals surface area contributed by atoms with Crippen LogP contribution in [-0.2, 0) is 4.79 Å². The van der Waals surface area contributed by atoms with Crippen molar-refractivity contribution in [2.24, 2.45) is 0 Å². The molecule has 0 aromatic heterocycles. The van der Waals surface area contributed by atoms with Crippen molar-refractivity contribution < 1.29 is 9.59 Å². The maximum Gasteiger partial charge on any atom is 0.324 e. The van der Waals surface area contributed by atoms with Gasteiger partial charge in [0.2, 0.25) is 0 Å². The van der Waals surface area contributed by atoms with Crippen molar-refractivity contribution in [3.63, 3.8) is 0 Å². The van der Waals surface area contributed by atoms with Crippen LogP contribution in [0, 0.1) is 0 Å². The molecule has 4 heteroatoms. The van der Waals surface area contributed by atoms with Crippen LogP contribution >= 0.6 is 0 Å². The van der Waals surface area contributed by atoms with Crippen LogP contribution in [0.15, 0.2) is 0 Å². The number of imide groups is 1. The fourth-order valence-electron chi connectivity index (χ4n) is 0.734. The van der Waals surface area contributed by atoms with E-state index in [0.717, 1.165) is 4.90 Å². The third-order valence-corrected chi connectivity index (χ3v) is 1.35. The molecule has 1 aliphatic rings. The summed E-state index contributed by atoms with van der Waals surface area (Å²) < 4.78 is 0. The van der Waals surface area contributed by atoms with Crippen LogP contribution in [0.3, 0.4) is 0 Å². The highest BCUT2D eigenvalue weighted by Gasteiger charge is 2.31. The molecule has 1 atom stereocenters. The topological polar surface area (TPSA) is 49.4 Å². The number of carbonyl (C=O) groups excluding carboxylic acids is 2. The molecule has 3 amide bonds. The van der Waals surface area contributed by atoms with Gasteiger partial charge in [0, 0.05) is 7.05 Å². The van der Waals surface area contributed by atoms with Crippen molar-refractivity contribution in [3.05, 3.63) is 0 Å². The van der Waals surface area contributed by atoms with E-state index in [0.29, 0.717) is 0 Å². The maximum atomic E-state index is 10.8. The number of nitrogens with one attached hydrogen (secondary N) is 1. The fourth-order valence-corrected chi connectivity index (χ4v) is 0.734. The highest BCUT2D eigenvalue weighted by atomic mass is 16.2. The lowest BCUT2D eigenvalue weighted by Crippen LogP contribution is -2.25. The summed E-state index contributed by atoms with van der Waals surface area (Å²) in [7, 11) is 1.46. The molecule has 1 fully saturated rings. The number of hydrogen-bond acceptors (Lipinski definition) is 2. The van der Waals surface area contributed by atoms with Crippen molar-refractivity contribution >= 4 is 11.9 Å². The maximum absolute atomic E-state index is 10.8. The zero-order valence-corrected chi connectivity index (χ0v) is 7.34. The Bertz CT molecular complexity index is 168. The van der Waals surface area contributed by atoms with Gasteiger partial charge in [-0.15, -0.1) is 0 Å². The largest absolute Gasteiger partial charge is 0.326 e. The van der Waals surface area contributed by atoms with Gasteiger partial charge in [-0.2, -0.15) is 0 Å². The van der Waals surface area contributed by atoms with E-state index in [-0.39, 0.29) is 18.0 Å². The molecule has 64 valence electrons. The Morgan fingerprint density at radius 2 is 1.82 bits per heavy atom. The smallest absolute Gasteiger partial charge is 0.324 e. The standard InChI is InChI=1S/C5H8N2O2.C2H6/c1-3-4(8)7(2)5(9)6-3;1-2/h3H,1-2H3,(H,6,9);1-2H3. The molecule has 0 bridgehead atoms. The molecule has 0 radical (unpaired) electrons. The van der Waals surface area contributed by atoms with Gasteiger partial charge in [0.05, 0.1) is 0 Å². The van der Waals surface area contributed by atoms with Gasteiger partial charge in [0.1, 0.15) is 6.04 Å². The predicted octanol–water partition coefficient (Wildman–Crippen LogP) is 0.583. The normalized spacial score (nSPS) is 22.5. The number of hydrogen-bond donors (Lipinski definition) is 1. The first-order valence-electron chi connectivity index (χ1n) is 3.71. The molecule has 1 aliphatic heterocycles. The van der Waals surface area contributed by atoms with Crippen molar-refractivity contribution in [2.75, 3.05) is 7.05 Å². The highest BCUT2D eigenvalue weighted by molar-refractivity contribution is 6.03. The van der Waals surface area contributed by atoms with E-state index in [4.69, 9.17) is 0 Å². The Labute approximate surface area is 66.6 Å². The van der Waals surface area contributed by atoms with E-state index in [1.807, 2.05) is 13.8 Å². The molecule has 0 aromatic carbocycles. The Morgan fingerprint density at radius 3 is 1.91 bits per heavy atom. The second kappa shape index (κ2) is 3.95. The van der Waals surface area contributed by atoms with Crippen LogP contribution in [0.4, 0.5) is 4.79 Å². The van der Waals surface area contributed by atoms with Gasteiger partial charge in [-0.25, -0.2) is 4.79 Å². The number of nitrogens with zero attached hydrogens (tertiary/aromatic N) is 1. The summed E-state index contributed by atoms with van der Waals surface area (Å²) in [5.41, 5.74) is 0. The van der Waals surface area contributed by atoms with Crippen LogP contribution in [0.25, 0.3) is 0 Å². The van der Waals surface area contributed by atoms with E-state index >= 15 is 0 Å². The first-order chi connectivity index (χ1) is 5.13. The van der Waals surface area contributed by atoms with Gasteiger partial charge in [-0.1, -0.05) is 13.8 Å². The summed E-state index contributed by atoms with van der Waals surface area (Å²) in [4.78, 5) is 22.4. The first-order valence-corrected chi connectivity index (χ1v) is 3.71. The number of rotatable bonds is 0. The molecule has 1 rings (SSSR count). The molecule has 0 spiro atoms. The third-order valence-electron chi connectivity index (χ3n) is 1.35. The zero-order valence-electron chi connectivity index (χ0n) is 7.34. The van der Waals surface area contributed by atoms with Crippen LogP contribution in [0.1, 0.15) is 20.8 Å². The van der Waals surface area contributed by atoms with Gasteiger partial charge in [0.25, 0.3) is 5.91 Å². The molecule has 1 N–H and O–H groups in total. The summed E-state index contributed by atoms with van der Waals surface area (Å²) in [6.45, 7) is 5.66. The Balaban J connectivity index is 0.000000461. The van der Waals surface area contributed by atoms with Gasteiger partial charge in [-0.05, 0) is 6.92 Å². The molecule has 4 nitrogen and oxygen atoms in total. The van der Waals surface area contributed by atoms with Crippen molar-refractivity contribution in [1.29, 1.82) is 0 Å². The summed E-state index contributed by atoms with van der Waals surface area (Å²) in [5.74, 6) is -0.167. The summed E-state index contributed by atoms with van der Waals surface area (Å²) >= 11 is 0. The minimum absolute atomic E-state index is 0.167. The highest BCUT2D eigenvalue weighted by Crippen LogP contribution is 2.00. The molecule has 1 saturated heterocycles. The second-order valence-electron chi connectivity index (χ2n) is 2.07. The molecule has 0 saturated carbocycles. The van der Waals surface area contributed by atoms with Crippen molar-refractivity contribution in [3.8, 4) is 0 Å². The Hall–Kier alpha value is -1.06. The second-order valence-corrected chi connectivity index (χ2v) is 2.07. The van der Waals surface area contributed by atoms with E-state index < -0.39 is 0 Å². The lowest BCUT2D eigenvalue weighted by molar-refractivity contribution is -0.126. The van der Waals surface area contributed by atoms with Gasteiger partial charge in [0.15, 0.2) is 0 Å². The van der Waals surface area contributed by atoms with E-state index in [2.05, 4.69) is 5.32 Å². The molecule has 11 heavy (non-hydrogen) atoms. The Kier molecular flexibility index (Phi) is 3.57. The molecule has 1 unspecified atom stereocenters. The van der Waals surface area contributed by atoms with Crippen molar-refractivity contribution in [1.82, 2.24) is 10.2 Å². The quantitative estimate of drug-likeness (QED) is 0.524. The minimum atomic E-state index is -0.345. The SMILES string of the molecule is CC.CC1NC(=O)N(C)C1=O. The monoisotopic (exact) mass is 158 g/mol. The van der Waals surface area contributed by atoms with Gasteiger partial charge < -0.3 is 5.32 Å². The van der Waals surface area contributed by atoms with Crippen LogP contribution < -0.4 is 5.32 Å². The number of urea groups is 1. The number of likely N-dealkylation sites (N-methyl/N-ethyl adjacent to an activating group) is 1. The molecular weight excluding hydrogens is 144 g/mol. The van der Waals surface area contributed by atoms with E-state index in [9.17, 15) is 9.59 Å². The van der Waals surface area contributed by atoms with Crippen LogP contribution in [-0.4, -0.2) is 29.9 Å². The van der Waals surface area contributed by atoms with Gasteiger partial charge in [-0.3, -0.25) is 9.69 Å². The minimum Gasteiger partial charge on any atom is -0.326 e. The van der Waals surface area contributed by atoms with Crippen LogP contribution in [0.2, 0.25) is 0 Å². The van der Waals surface area contributed by atoms with Gasteiger partial charge >= 0.3 is 6.03 Å². The fraction of sp³-hybridized carbons (Fsp3) is 0.714. The van der Waals surface area contributed by atoms with Crippen molar-refractivity contribution in [2.45, 2.75) is 26.8 Å². The lowest BCUT2D eigenvalue weighted by Gasteiger charge is -2.00. The summed E-state index contributed by atoms with van der Waals surface area (Å²) in [6, 6.07) is -0.657. The number of amides is 3. The van der Waals surface area contributed by atoms with Crippen LogP contribution in [0.5, 0.6) is 0 Å². The van der Waals surface area contributed by atoms with E-state index in [1.54, 1.807) is 6.92 Å². The molecule has 1 heterocycles. The zero-order chi connectivity index (χ0) is 9.02. The average Bonchev–Trinajstić information content (AvgIpc) is 2.22. The number of carbonyl (C=O) groups is 2. The van der Waals surface area contributed by atoms with E-state index in [1.165, 1.54) is 7.05 Å². The summed E-state index contributed by atoms with van der Waals surface area (Å²) in [6.07, 6.45) is 0. The lowest BCUT2D eigenvalue weighted by atomic mass is 10.3. The average molecular weight is 158 g/mol. The predicted molar refractivity (Wildman–Crippen MR) is 42.1 cm³/mol. The molecule has 0 aromatic rings.